The monoisotopic (exact) mass is 501 g/mol. The molecule has 35 heavy (non-hydrogen) atoms. The first-order valence-electron chi connectivity index (χ1n) is 11.7. The molecular formula is C25H29ClFN5O3. The minimum Gasteiger partial charge on any atom is -0.322 e. The first-order chi connectivity index (χ1) is 16.9. The molecule has 0 aliphatic carbocycles. The van der Waals surface area contributed by atoms with E-state index < -0.39 is 23.8 Å². The summed E-state index contributed by atoms with van der Waals surface area (Å²) in [4.78, 5) is 41.4. The maximum Gasteiger partial charge on any atom is 0.322 e. The summed E-state index contributed by atoms with van der Waals surface area (Å²) < 4.78 is 14.9. The van der Waals surface area contributed by atoms with Gasteiger partial charge in [0.1, 0.15) is 11.9 Å². The van der Waals surface area contributed by atoms with Gasteiger partial charge in [-0.1, -0.05) is 11.6 Å². The van der Waals surface area contributed by atoms with E-state index in [9.17, 15) is 18.8 Å². The van der Waals surface area contributed by atoms with Gasteiger partial charge in [-0.25, -0.2) is 9.18 Å². The van der Waals surface area contributed by atoms with Crippen molar-refractivity contribution in [3.05, 3.63) is 53.3 Å². The molecule has 2 fully saturated rings. The van der Waals surface area contributed by atoms with E-state index in [4.69, 9.17) is 11.6 Å². The van der Waals surface area contributed by atoms with Crippen molar-refractivity contribution >= 4 is 46.5 Å². The molecule has 2 aromatic rings. The summed E-state index contributed by atoms with van der Waals surface area (Å²) in [6.45, 7) is 1.58. The molecule has 8 nitrogen and oxygen atoms in total. The van der Waals surface area contributed by atoms with Crippen molar-refractivity contribution in [2.45, 2.75) is 31.7 Å². The molecule has 2 aliphatic rings. The van der Waals surface area contributed by atoms with Gasteiger partial charge in [0.2, 0.25) is 11.8 Å². The minimum absolute atomic E-state index is 0.0123. The van der Waals surface area contributed by atoms with Gasteiger partial charge in [0.15, 0.2) is 0 Å². The van der Waals surface area contributed by atoms with Gasteiger partial charge in [0, 0.05) is 35.9 Å². The number of anilines is 3. The van der Waals surface area contributed by atoms with E-state index in [0.29, 0.717) is 48.9 Å². The van der Waals surface area contributed by atoms with Gasteiger partial charge in [-0.15, -0.1) is 0 Å². The number of nitrogens with one attached hydrogen (secondary N) is 3. The van der Waals surface area contributed by atoms with E-state index >= 15 is 0 Å². The Labute approximate surface area is 208 Å². The Bertz CT molecular complexity index is 1100. The van der Waals surface area contributed by atoms with Crippen molar-refractivity contribution in [2.75, 3.05) is 42.2 Å². The van der Waals surface area contributed by atoms with Crippen LogP contribution >= 0.6 is 11.6 Å². The number of nitrogens with zero attached hydrogens (tertiary/aromatic N) is 2. The zero-order valence-corrected chi connectivity index (χ0v) is 20.3. The zero-order chi connectivity index (χ0) is 24.9. The topological polar surface area (TPSA) is 93.8 Å². The number of hydrogen-bond donors (Lipinski definition) is 3. The number of urea groups is 1. The smallest absolute Gasteiger partial charge is 0.322 e. The predicted molar refractivity (Wildman–Crippen MR) is 134 cm³/mol. The number of halogens is 2. The van der Waals surface area contributed by atoms with Crippen molar-refractivity contribution in [1.29, 1.82) is 0 Å². The van der Waals surface area contributed by atoms with Crippen molar-refractivity contribution in [3.8, 4) is 0 Å². The molecule has 186 valence electrons. The van der Waals surface area contributed by atoms with Gasteiger partial charge in [-0.2, -0.15) is 0 Å². The lowest BCUT2D eigenvalue weighted by Gasteiger charge is -2.27. The van der Waals surface area contributed by atoms with Crippen LogP contribution in [0.15, 0.2) is 42.5 Å². The third-order valence-corrected chi connectivity index (χ3v) is 6.64. The quantitative estimate of drug-likeness (QED) is 0.556. The molecule has 2 atom stereocenters. The van der Waals surface area contributed by atoms with Gasteiger partial charge in [-0.05, 0) is 81.2 Å². The highest BCUT2D eigenvalue weighted by molar-refractivity contribution is 6.30. The average molecular weight is 502 g/mol. The molecule has 3 N–H and O–H groups in total. The summed E-state index contributed by atoms with van der Waals surface area (Å²) in [6.07, 6.45) is 2.60. The Morgan fingerprint density at radius 2 is 1.89 bits per heavy atom. The molecule has 2 unspecified atom stereocenters. The van der Waals surface area contributed by atoms with Gasteiger partial charge < -0.3 is 25.8 Å². The minimum atomic E-state index is -0.761. The Morgan fingerprint density at radius 3 is 2.57 bits per heavy atom. The number of rotatable bonds is 6. The average Bonchev–Trinajstić information content (AvgIpc) is 3.27. The Morgan fingerprint density at radius 1 is 1.11 bits per heavy atom. The molecule has 4 rings (SSSR count). The van der Waals surface area contributed by atoms with E-state index in [1.165, 1.54) is 17.0 Å². The van der Waals surface area contributed by atoms with E-state index in [2.05, 4.69) is 16.0 Å². The first kappa shape index (κ1) is 24.9. The van der Waals surface area contributed by atoms with Crippen LogP contribution in [-0.2, 0) is 9.59 Å². The van der Waals surface area contributed by atoms with Crippen molar-refractivity contribution in [3.63, 3.8) is 0 Å². The zero-order valence-electron chi connectivity index (χ0n) is 19.5. The lowest BCUT2D eigenvalue weighted by Crippen LogP contribution is -2.45. The summed E-state index contributed by atoms with van der Waals surface area (Å²) in [6, 6.07) is 9.88. The van der Waals surface area contributed by atoms with Crippen molar-refractivity contribution < 1.29 is 18.8 Å². The van der Waals surface area contributed by atoms with Crippen molar-refractivity contribution in [2.24, 2.45) is 5.92 Å². The number of carbonyl (C=O) groups excluding carboxylic acids is 3. The molecule has 0 bridgehead atoms. The van der Waals surface area contributed by atoms with E-state index in [0.717, 1.165) is 12.8 Å². The normalized spacial score (nSPS) is 20.1. The van der Waals surface area contributed by atoms with Crippen LogP contribution in [0.4, 0.5) is 26.2 Å². The molecular weight excluding hydrogens is 473 g/mol. The fraction of sp³-hybridized carbons (Fsp3) is 0.400. The molecule has 2 heterocycles. The van der Waals surface area contributed by atoms with E-state index in [1.807, 2.05) is 7.05 Å². The van der Waals surface area contributed by atoms with Crippen LogP contribution in [0, 0.1) is 11.7 Å². The van der Waals surface area contributed by atoms with Crippen LogP contribution in [0.25, 0.3) is 0 Å². The number of piperidine rings is 1. The maximum atomic E-state index is 14.9. The molecule has 2 aliphatic heterocycles. The van der Waals surface area contributed by atoms with Gasteiger partial charge in [-0.3, -0.25) is 9.59 Å². The van der Waals surface area contributed by atoms with Gasteiger partial charge in [0.05, 0.1) is 5.69 Å². The molecule has 0 radical (unpaired) electrons. The van der Waals surface area contributed by atoms with Crippen molar-refractivity contribution in [1.82, 2.24) is 10.2 Å². The van der Waals surface area contributed by atoms with Crippen LogP contribution in [0.2, 0.25) is 5.02 Å². The molecule has 10 heteroatoms. The lowest BCUT2D eigenvalue weighted by atomic mass is 10.1. The molecule has 0 aromatic heterocycles. The first-order valence-corrected chi connectivity index (χ1v) is 12.1. The second kappa shape index (κ2) is 11.0. The largest absolute Gasteiger partial charge is 0.322 e. The maximum absolute atomic E-state index is 14.9. The molecule has 4 amide bonds. The highest BCUT2D eigenvalue weighted by Crippen LogP contribution is 2.28. The number of amides is 4. The summed E-state index contributed by atoms with van der Waals surface area (Å²) >= 11 is 5.91. The summed E-state index contributed by atoms with van der Waals surface area (Å²) in [5, 5.41) is 9.07. The van der Waals surface area contributed by atoms with Crippen LogP contribution < -0.4 is 20.9 Å². The second-order valence-electron chi connectivity index (χ2n) is 8.92. The number of likely N-dealkylation sites (tertiary alicyclic amines) is 1. The number of benzene rings is 2. The number of hydrogen-bond acceptors (Lipinski definition) is 4. The summed E-state index contributed by atoms with van der Waals surface area (Å²) in [5.41, 5.74) is 1.05. The van der Waals surface area contributed by atoms with Crippen LogP contribution in [0.1, 0.15) is 25.7 Å². The Kier molecular flexibility index (Phi) is 7.87. The van der Waals surface area contributed by atoms with E-state index in [1.54, 1.807) is 35.2 Å². The lowest BCUT2D eigenvalue weighted by molar-refractivity contribution is -0.120. The van der Waals surface area contributed by atoms with Crippen LogP contribution in [0.5, 0.6) is 0 Å². The third-order valence-electron chi connectivity index (χ3n) is 6.39. The summed E-state index contributed by atoms with van der Waals surface area (Å²) in [7, 11) is 1.82. The second-order valence-corrected chi connectivity index (χ2v) is 9.36. The highest BCUT2D eigenvalue weighted by Gasteiger charge is 2.39. The standard InChI is InChI=1S/C25H29ClFN5O3/c1-28-14-16-12-22(32(15-16)25(35)29-18-7-5-17(26)6-8-18)24(34)30-21-10-9-19(13-20(21)27)31-11-3-2-4-23(31)33/h5-10,13,16,22,28H,2-4,11-12,14-15H2,1H3,(H,29,35)(H,30,34). The highest BCUT2D eigenvalue weighted by atomic mass is 35.5. The molecule has 0 saturated carbocycles. The van der Waals surface area contributed by atoms with Crippen LogP contribution in [-0.4, -0.2) is 55.5 Å². The van der Waals surface area contributed by atoms with Gasteiger partial charge in [0.25, 0.3) is 0 Å². The number of carbonyl (C=O) groups is 3. The summed E-state index contributed by atoms with van der Waals surface area (Å²) in [5.74, 6) is -1.05. The fourth-order valence-electron chi connectivity index (χ4n) is 4.63. The SMILES string of the molecule is CNCC1CC(C(=O)Nc2ccc(N3CCCCC3=O)cc2F)N(C(=O)Nc2ccc(Cl)cc2)C1. The van der Waals surface area contributed by atoms with E-state index in [-0.39, 0.29) is 17.5 Å². The molecule has 2 aromatic carbocycles. The Balaban J connectivity index is 1.47. The van der Waals surface area contributed by atoms with Gasteiger partial charge >= 0.3 is 6.03 Å². The molecule has 0 spiro atoms. The fourth-order valence-corrected chi connectivity index (χ4v) is 4.76. The Hall–Kier alpha value is -3.17. The predicted octanol–water partition coefficient (Wildman–Crippen LogP) is 4.08. The third kappa shape index (κ3) is 5.91. The van der Waals surface area contributed by atoms with Crippen LogP contribution in [0.3, 0.4) is 0 Å². The molecule has 2 saturated heterocycles.